The molecule has 0 saturated carbocycles. The van der Waals surface area contributed by atoms with Crippen LogP contribution in [0.4, 0.5) is 0 Å². The molecule has 0 aliphatic rings. The summed E-state index contributed by atoms with van der Waals surface area (Å²) in [6.45, 7) is 16.2. The SMILES string of the molecule is CCCCN(CC)C(CNCCC)C(C)C. The molecule has 0 fully saturated rings. The first-order valence-corrected chi connectivity index (χ1v) is 7.12. The van der Waals surface area contributed by atoms with Crippen LogP contribution >= 0.6 is 0 Å². The first-order valence-electron chi connectivity index (χ1n) is 7.12. The van der Waals surface area contributed by atoms with Crippen molar-refractivity contribution in [3.8, 4) is 0 Å². The molecule has 1 N–H and O–H groups in total. The number of rotatable bonds is 10. The van der Waals surface area contributed by atoms with Gasteiger partial charge in [-0.2, -0.15) is 0 Å². The van der Waals surface area contributed by atoms with E-state index < -0.39 is 0 Å². The average molecular weight is 228 g/mol. The van der Waals surface area contributed by atoms with Gasteiger partial charge in [0, 0.05) is 12.6 Å². The molecule has 0 saturated heterocycles. The van der Waals surface area contributed by atoms with Gasteiger partial charge >= 0.3 is 0 Å². The first-order chi connectivity index (χ1) is 7.67. The van der Waals surface area contributed by atoms with Gasteiger partial charge in [0.15, 0.2) is 0 Å². The maximum atomic E-state index is 3.57. The van der Waals surface area contributed by atoms with E-state index >= 15 is 0 Å². The Hall–Kier alpha value is -0.0800. The van der Waals surface area contributed by atoms with E-state index in [2.05, 4.69) is 44.8 Å². The second-order valence-corrected chi connectivity index (χ2v) is 5.00. The number of unbranched alkanes of at least 4 members (excludes halogenated alkanes) is 1. The molecule has 0 aromatic carbocycles. The molecule has 0 aromatic rings. The van der Waals surface area contributed by atoms with Gasteiger partial charge in [0.1, 0.15) is 0 Å². The predicted molar refractivity (Wildman–Crippen MR) is 73.9 cm³/mol. The molecular formula is C14H32N2. The van der Waals surface area contributed by atoms with Crippen molar-refractivity contribution in [2.75, 3.05) is 26.2 Å². The lowest BCUT2D eigenvalue weighted by molar-refractivity contribution is 0.157. The van der Waals surface area contributed by atoms with Gasteiger partial charge in [-0.05, 0) is 38.4 Å². The third-order valence-electron chi connectivity index (χ3n) is 3.22. The molecule has 0 radical (unpaired) electrons. The van der Waals surface area contributed by atoms with Crippen molar-refractivity contribution in [3.05, 3.63) is 0 Å². The van der Waals surface area contributed by atoms with E-state index in [0.717, 1.165) is 19.0 Å². The largest absolute Gasteiger partial charge is 0.315 e. The zero-order chi connectivity index (χ0) is 12.4. The molecule has 0 aliphatic carbocycles. The molecule has 2 heteroatoms. The van der Waals surface area contributed by atoms with Crippen molar-refractivity contribution < 1.29 is 0 Å². The molecule has 0 aromatic heterocycles. The summed E-state index contributed by atoms with van der Waals surface area (Å²) in [6.07, 6.45) is 3.85. The summed E-state index contributed by atoms with van der Waals surface area (Å²) >= 11 is 0. The minimum Gasteiger partial charge on any atom is -0.315 e. The van der Waals surface area contributed by atoms with Crippen LogP contribution in [0.2, 0.25) is 0 Å². The van der Waals surface area contributed by atoms with E-state index in [0.29, 0.717) is 6.04 Å². The highest BCUT2D eigenvalue weighted by molar-refractivity contribution is 4.76. The van der Waals surface area contributed by atoms with E-state index in [4.69, 9.17) is 0 Å². The van der Waals surface area contributed by atoms with Gasteiger partial charge < -0.3 is 5.32 Å². The Morgan fingerprint density at radius 3 is 2.19 bits per heavy atom. The van der Waals surface area contributed by atoms with E-state index in [9.17, 15) is 0 Å². The maximum absolute atomic E-state index is 3.57. The van der Waals surface area contributed by atoms with E-state index in [-0.39, 0.29) is 0 Å². The van der Waals surface area contributed by atoms with E-state index in [1.54, 1.807) is 0 Å². The third kappa shape index (κ3) is 6.49. The van der Waals surface area contributed by atoms with Gasteiger partial charge in [0.2, 0.25) is 0 Å². The summed E-state index contributed by atoms with van der Waals surface area (Å²) in [5.41, 5.74) is 0. The average Bonchev–Trinajstić information content (AvgIpc) is 2.27. The molecule has 1 unspecified atom stereocenters. The van der Waals surface area contributed by atoms with Gasteiger partial charge in [0.05, 0.1) is 0 Å². The fraction of sp³-hybridized carbons (Fsp3) is 1.00. The second-order valence-electron chi connectivity index (χ2n) is 5.00. The number of likely N-dealkylation sites (N-methyl/N-ethyl adjacent to an activating group) is 1. The van der Waals surface area contributed by atoms with Crippen molar-refractivity contribution in [1.82, 2.24) is 10.2 Å². The second kappa shape index (κ2) is 10.1. The van der Waals surface area contributed by atoms with Crippen LogP contribution < -0.4 is 5.32 Å². The van der Waals surface area contributed by atoms with Crippen molar-refractivity contribution >= 4 is 0 Å². The Kier molecular flexibility index (Phi) is 10.0. The smallest absolute Gasteiger partial charge is 0.0243 e. The van der Waals surface area contributed by atoms with Crippen molar-refractivity contribution in [2.24, 2.45) is 5.92 Å². The van der Waals surface area contributed by atoms with Crippen LogP contribution in [-0.2, 0) is 0 Å². The maximum Gasteiger partial charge on any atom is 0.0243 e. The molecule has 0 aliphatic heterocycles. The molecule has 0 amide bonds. The number of nitrogens with one attached hydrogen (secondary N) is 1. The molecule has 0 bridgehead atoms. The minimum atomic E-state index is 0.697. The fourth-order valence-electron chi connectivity index (χ4n) is 2.13. The molecule has 1 atom stereocenters. The molecule has 2 nitrogen and oxygen atoms in total. The van der Waals surface area contributed by atoms with Crippen molar-refractivity contribution in [1.29, 1.82) is 0 Å². The van der Waals surface area contributed by atoms with Crippen LogP contribution in [0.3, 0.4) is 0 Å². The molecule has 0 heterocycles. The summed E-state index contributed by atoms with van der Waals surface area (Å²) in [7, 11) is 0. The van der Waals surface area contributed by atoms with Gasteiger partial charge in [-0.1, -0.05) is 41.0 Å². The van der Waals surface area contributed by atoms with Crippen molar-refractivity contribution in [3.63, 3.8) is 0 Å². The highest BCUT2D eigenvalue weighted by Crippen LogP contribution is 2.11. The van der Waals surface area contributed by atoms with Gasteiger partial charge in [-0.25, -0.2) is 0 Å². The normalized spacial score (nSPS) is 13.7. The molecule has 0 spiro atoms. The lowest BCUT2D eigenvalue weighted by Gasteiger charge is -2.34. The van der Waals surface area contributed by atoms with Crippen LogP contribution in [0, 0.1) is 5.92 Å². The minimum absolute atomic E-state index is 0.697. The van der Waals surface area contributed by atoms with Crippen LogP contribution in [0.25, 0.3) is 0 Å². The fourth-order valence-corrected chi connectivity index (χ4v) is 2.13. The third-order valence-corrected chi connectivity index (χ3v) is 3.22. The lowest BCUT2D eigenvalue weighted by atomic mass is 10.0. The molecule has 98 valence electrons. The van der Waals surface area contributed by atoms with Gasteiger partial charge in [0.25, 0.3) is 0 Å². The predicted octanol–water partition coefficient (Wildman–Crippen LogP) is 3.13. The summed E-state index contributed by atoms with van der Waals surface area (Å²) in [5.74, 6) is 0.737. The van der Waals surface area contributed by atoms with Crippen LogP contribution in [0.5, 0.6) is 0 Å². The molecule has 0 rings (SSSR count). The zero-order valence-corrected chi connectivity index (χ0v) is 12.1. The van der Waals surface area contributed by atoms with Gasteiger partial charge in [-0.3, -0.25) is 4.90 Å². The Bertz CT molecular complexity index is 146. The highest BCUT2D eigenvalue weighted by Gasteiger charge is 2.19. The number of nitrogens with zero attached hydrogens (tertiary/aromatic N) is 1. The van der Waals surface area contributed by atoms with Crippen molar-refractivity contribution in [2.45, 2.75) is 59.9 Å². The van der Waals surface area contributed by atoms with Crippen LogP contribution in [0.1, 0.15) is 53.9 Å². The number of hydrogen-bond donors (Lipinski definition) is 1. The lowest BCUT2D eigenvalue weighted by Crippen LogP contribution is -2.46. The zero-order valence-electron chi connectivity index (χ0n) is 12.1. The Morgan fingerprint density at radius 2 is 1.75 bits per heavy atom. The van der Waals surface area contributed by atoms with E-state index in [1.165, 1.54) is 32.4 Å². The summed E-state index contributed by atoms with van der Waals surface area (Å²) in [6, 6.07) is 0.697. The number of hydrogen-bond acceptors (Lipinski definition) is 2. The standard InChI is InChI=1S/C14H32N2/c1-6-9-11-16(8-3)14(13(4)5)12-15-10-7-2/h13-15H,6-12H2,1-5H3. The van der Waals surface area contributed by atoms with Crippen LogP contribution in [-0.4, -0.2) is 37.1 Å². The Balaban J connectivity index is 4.12. The molecular weight excluding hydrogens is 196 g/mol. The van der Waals surface area contributed by atoms with Gasteiger partial charge in [-0.15, -0.1) is 0 Å². The Morgan fingerprint density at radius 1 is 1.06 bits per heavy atom. The quantitative estimate of drug-likeness (QED) is 0.578. The monoisotopic (exact) mass is 228 g/mol. The summed E-state index contributed by atoms with van der Waals surface area (Å²) < 4.78 is 0. The topological polar surface area (TPSA) is 15.3 Å². The highest BCUT2D eigenvalue weighted by atomic mass is 15.2. The molecule has 16 heavy (non-hydrogen) atoms. The summed E-state index contributed by atoms with van der Waals surface area (Å²) in [5, 5.41) is 3.57. The van der Waals surface area contributed by atoms with Crippen LogP contribution in [0.15, 0.2) is 0 Å². The first kappa shape index (κ1) is 15.9. The summed E-state index contributed by atoms with van der Waals surface area (Å²) in [4.78, 5) is 2.64. The Labute approximate surface area is 103 Å². The van der Waals surface area contributed by atoms with E-state index in [1.807, 2.05) is 0 Å².